The number of carbonyl (C=O) groups is 1. The van der Waals surface area contributed by atoms with Gasteiger partial charge in [0.1, 0.15) is 11.4 Å². The number of hydrogen-bond acceptors (Lipinski definition) is 2. The third-order valence-electron chi connectivity index (χ3n) is 3.35. The predicted molar refractivity (Wildman–Crippen MR) is 75.4 cm³/mol. The zero-order valence-electron chi connectivity index (χ0n) is 11.3. The number of fused-ring (bicyclic) bond motifs is 2. The molecule has 0 fully saturated rings. The highest BCUT2D eigenvalue weighted by Gasteiger charge is 2.39. The number of anilines is 2. The van der Waals surface area contributed by atoms with Crippen molar-refractivity contribution < 1.29 is 22.5 Å². The smallest absolute Gasteiger partial charge is 0.416 e. The lowest BCUT2D eigenvalue weighted by atomic mass is 10.1. The third-order valence-corrected chi connectivity index (χ3v) is 4.84. The molecule has 2 aromatic rings. The van der Waals surface area contributed by atoms with Gasteiger partial charge in [0.05, 0.1) is 5.56 Å². The topological polar surface area (TPSA) is 43.4 Å². The average molecular weight is 325 g/mol. The van der Waals surface area contributed by atoms with Crippen LogP contribution in [0.15, 0.2) is 52.3 Å². The molecule has 1 amide bonds. The summed E-state index contributed by atoms with van der Waals surface area (Å²) in [6.45, 7) is 1.26. The van der Waals surface area contributed by atoms with Crippen molar-refractivity contribution in [1.29, 1.82) is 0 Å². The van der Waals surface area contributed by atoms with Gasteiger partial charge in [-0.15, -0.1) is 0 Å². The molecule has 22 heavy (non-hydrogen) atoms. The summed E-state index contributed by atoms with van der Waals surface area (Å²) in [5.41, 5.74) is -0.520. The first-order valence-corrected chi connectivity index (χ1v) is 7.48. The van der Waals surface area contributed by atoms with Crippen LogP contribution in [0.25, 0.3) is 0 Å². The van der Waals surface area contributed by atoms with Gasteiger partial charge >= 0.3 is 6.18 Å². The number of carbonyl (C=O) groups excluding carboxylic acids is 1. The van der Waals surface area contributed by atoms with Crippen molar-refractivity contribution >= 4 is 28.5 Å². The van der Waals surface area contributed by atoms with E-state index in [-0.39, 0.29) is 10.6 Å². The monoisotopic (exact) mass is 325 g/mol. The number of para-hydroxylation sites is 1. The molecule has 0 radical (unpaired) electrons. The Balaban J connectivity index is 2.26. The summed E-state index contributed by atoms with van der Waals surface area (Å²) in [4.78, 5) is 13.7. The molecule has 1 aliphatic heterocycles. The first kappa shape index (κ1) is 14.9. The molecule has 0 bridgehead atoms. The molecule has 3 nitrogen and oxygen atoms in total. The minimum absolute atomic E-state index is 0.0133. The van der Waals surface area contributed by atoms with Crippen LogP contribution in [-0.2, 0) is 22.1 Å². The summed E-state index contributed by atoms with van der Waals surface area (Å²) in [6, 6.07) is 9.39. The van der Waals surface area contributed by atoms with Crippen LogP contribution < -0.4 is 4.90 Å². The van der Waals surface area contributed by atoms with Crippen LogP contribution >= 0.6 is 0 Å². The first-order chi connectivity index (χ1) is 10.3. The van der Waals surface area contributed by atoms with Gasteiger partial charge in [-0.05, 0) is 30.3 Å². The number of benzene rings is 2. The summed E-state index contributed by atoms with van der Waals surface area (Å²) >= 11 is -1.62. The maximum Gasteiger partial charge on any atom is 0.416 e. The van der Waals surface area contributed by atoms with Crippen LogP contribution in [0, 0.1) is 0 Å². The number of nitrogens with zero attached hydrogens (tertiary/aromatic N) is 1. The molecule has 1 heterocycles. The second-order valence-corrected chi connectivity index (χ2v) is 6.19. The van der Waals surface area contributed by atoms with Crippen molar-refractivity contribution in [2.45, 2.75) is 22.9 Å². The fourth-order valence-corrected chi connectivity index (χ4v) is 3.73. The van der Waals surface area contributed by atoms with Crippen LogP contribution in [0.5, 0.6) is 0 Å². The Labute approximate surface area is 127 Å². The van der Waals surface area contributed by atoms with Crippen LogP contribution in [0.3, 0.4) is 0 Å². The van der Waals surface area contributed by atoms with Gasteiger partial charge in [0.25, 0.3) is 0 Å². The second-order valence-electron chi connectivity index (χ2n) is 4.77. The number of rotatable bonds is 0. The summed E-state index contributed by atoms with van der Waals surface area (Å²) < 4.78 is 51.2. The SMILES string of the molecule is CC(=O)N1c2ccccc2[S+]([O-])c2ccc(C(F)(F)F)cc21. The molecule has 114 valence electrons. The van der Waals surface area contributed by atoms with Gasteiger partial charge in [-0.1, -0.05) is 12.1 Å². The standard InChI is InChI=1S/C15H10F3NO2S/c1-9(20)19-11-4-2-3-5-13(11)22(21)14-7-6-10(8-12(14)19)15(16,17)18/h2-8H,1H3. The Kier molecular flexibility index (Phi) is 3.41. The van der Waals surface area contributed by atoms with Gasteiger partial charge in [-0.3, -0.25) is 9.69 Å². The fourth-order valence-electron chi connectivity index (χ4n) is 2.41. The Morgan fingerprint density at radius 3 is 2.36 bits per heavy atom. The second kappa shape index (κ2) is 5.03. The Hall–Kier alpha value is -1.99. The van der Waals surface area contributed by atoms with Crippen molar-refractivity contribution in [2.24, 2.45) is 0 Å². The molecule has 0 saturated carbocycles. The molecule has 1 aliphatic rings. The van der Waals surface area contributed by atoms with Crippen molar-refractivity contribution in [3.8, 4) is 0 Å². The molecule has 3 rings (SSSR count). The quantitative estimate of drug-likeness (QED) is 0.690. The molecule has 0 N–H and O–H groups in total. The van der Waals surface area contributed by atoms with Gasteiger partial charge in [0.2, 0.25) is 5.91 Å². The molecule has 7 heteroatoms. The van der Waals surface area contributed by atoms with E-state index in [4.69, 9.17) is 0 Å². The van der Waals surface area contributed by atoms with E-state index in [1.165, 1.54) is 17.9 Å². The van der Waals surface area contributed by atoms with Gasteiger partial charge in [0.15, 0.2) is 9.79 Å². The molecule has 0 saturated heterocycles. The predicted octanol–water partition coefficient (Wildman–Crippen LogP) is 3.87. The Morgan fingerprint density at radius 1 is 1.09 bits per heavy atom. The maximum atomic E-state index is 12.9. The maximum absolute atomic E-state index is 12.9. The van der Waals surface area contributed by atoms with E-state index in [2.05, 4.69) is 0 Å². The number of amides is 1. The van der Waals surface area contributed by atoms with E-state index in [1.807, 2.05) is 0 Å². The molecule has 0 aromatic heterocycles. The largest absolute Gasteiger partial charge is 0.606 e. The summed E-state index contributed by atoms with van der Waals surface area (Å²) in [6.07, 6.45) is -4.53. The first-order valence-electron chi connectivity index (χ1n) is 6.33. The van der Waals surface area contributed by atoms with E-state index in [1.54, 1.807) is 24.3 Å². The lowest BCUT2D eigenvalue weighted by Gasteiger charge is -2.31. The summed E-state index contributed by atoms with van der Waals surface area (Å²) in [5, 5.41) is 0. The zero-order chi connectivity index (χ0) is 16.1. The zero-order valence-corrected chi connectivity index (χ0v) is 12.2. The van der Waals surface area contributed by atoms with Crippen molar-refractivity contribution in [2.75, 3.05) is 4.90 Å². The lowest BCUT2D eigenvalue weighted by Crippen LogP contribution is -2.30. The highest BCUT2D eigenvalue weighted by Crippen LogP contribution is 2.45. The average Bonchev–Trinajstić information content (AvgIpc) is 2.46. The van der Waals surface area contributed by atoms with Crippen LogP contribution in [0.2, 0.25) is 0 Å². The number of hydrogen-bond donors (Lipinski definition) is 0. The molecule has 0 spiro atoms. The molecule has 1 unspecified atom stereocenters. The fraction of sp³-hybridized carbons (Fsp3) is 0.133. The van der Waals surface area contributed by atoms with Gasteiger partial charge < -0.3 is 4.55 Å². The molecule has 1 atom stereocenters. The highest BCUT2D eigenvalue weighted by atomic mass is 32.2. The molecular formula is C15H10F3NO2S. The van der Waals surface area contributed by atoms with Crippen LogP contribution in [-0.4, -0.2) is 10.5 Å². The van der Waals surface area contributed by atoms with E-state index < -0.39 is 28.8 Å². The summed E-state index contributed by atoms with van der Waals surface area (Å²) in [5.74, 6) is -0.440. The normalized spacial score (nSPS) is 17.0. The Morgan fingerprint density at radius 2 is 1.73 bits per heavy atom. The summed E-state index contributed by atoms with van der Waals surface area (Å²) in [7, 11) is 0. The van der Waals surface area contributed by atoms with E-state index in [0.29, 0.717) is 10.6 Å². The van der Waals surface area contributed by atoms with Crippen LogP contribution in [0.1, 0.15) is 12.5 Å². The van der Waals surface area contributed by atoms with Crippen molar-refractivity contribution in [3.63, 3.8) is 0 Å². The molecular weight excluding hydrogens is 315 g/mol. The van der Waals surface area contributed by atoms with Crippen molar-refractivity contribution in [1.82, 2.24) is 0 Å². The Bertz CT molecular complexity index is 761. The molecule has 2 aromatic carbocycles. The van der Waals surface area contributed by atoms with Crippen molar-refractivity contribution in [3.05, 3.63) is 48.0 Å². The number of alkyl halides is 3. The number of halogens is 3. The van der Waals surface area contributed by atoms with Crippen LogP contribution in [0.4, 0.5) is 24.5 Å². The lowest BCUT2D eigenvalue weighted by molar-refractivity contribution is -0.137. The van der Waals surface area contributed by atoms with Gasteiger partial charge in [-0.25, -0.2) is 0 Å². The minimum atomic E-state index is -4.53. The highest BCUT2D eigenvalue weighted by molar-refractivity contribution is 7.92. The van der Waals surface area contributed by atoms with Gasteiger partial charge in [-0.2, -0.15) is 13.2 Å². The van der Waals surface area contributed by atoms with Gasteiger partial charge in [0, 0.05) is 18.1 Å². The van der Waals surface area contributed by atoms with E-state index >= 15 is 0 Å². The minimum Gasteiger partial charge on any atom is -0.606 e. The molecule has 0 aliphatic carbocycles. The van der Waals surface area contributed by atoms with E-state index in [0.717, 1.165) is 12.1 Å². The van der Waals surface area contributed by atoms with E-state index in [9.17, 15) is 22.5 Å². The third kappa shape index (κ3) is 2.26.